The van der Waals surface area contributed by atoms with E-state index in [2.05, 4.69) is 4.74 Å². The van der Waals surface area contributed by atoms with Crippen LogP contribution in [0.4, 0.5) is 24.5 Å². The SMILES string of the molecule is Nc1cccc(OCC(F)(F)F)c1[N+](=O)[O-]. The summed E-state index contributed by atoms with van der Waals surface area (Å²) in [5, 5.41) is 10.5. The summed E-state index contributed by atoms with van der Waals surface area (Å²) in [6.07, 6.45) is -4.56. The first-order chi connectivity index (χ1) is 7.31. The highest BCUT2D eigenvalue weighted by Crippen LogP contribution is 2.33. The fraction of sp³-hybridized carbons (Fsp3) is 0.250. The fourth-order valence-electron chi connectivity index (χ4n) is 1.01. The Bertz CT molecular complexity index is 406. The van der Waals surface area contributed by atoms with Crippen molar-refractivity contribution in [2.75, 3.05) is 12.3 Å². The fourth-order valence-corrected chi connectivity index (χ4v) is 1.01. The van der Waals surface area contributed by atoms with Crippen LogP contribution in [0.25, 0.3) is 0 Å². The van der Waals surface area contributed by atoms with Crippen molar-refractivity contribution >= 4 is 11.4 Å². The molecule has 8 heteroatoms. The third kappa shape index (κ3) is 3.01. The second-order valence-corrected chi connectivity index (χ2v) is 2.85. The molecule has 0 heterocycles. The van der Waals surface area contributed by atoms with E-state index >= 15 is 0 Å². The number of ether oxygens (including phenoxy) is 1. The average Bonchev–Trinajstić information content (AvgIpc) is 2.12. The van der Waals surface area contributed by atoms with E-state index in [-0.39, 0.29) is 5.69 Å². The zero-order valence-electron chi connectivity index (χ0n) is 7.82. The van der Waals surface area contributed by atoms with Gasteiger partial charge in [0.2, 0.25) is 0 Å². The first kappa shape index (κ1) is 12.1. The number of nitrogens with two attached hydrogens (primary N) is 1. The largest absolute Gasteiger partial charge is 0.477 e. The zero-order chi connectivity index (χ0) is 12.3. The van der Waals surface area contributed by atoms with Crippen LogP contribution >= 0.6 is 0 Å². The summed E-state index contributed by atoms with van der Waals surface area (Å²) in [6, 6.07) is 3.53. The number of anilines is 1. The van der Waals surface area contributed by atoms with Crippen molar-refractivity contribution in [3.8, 4) is 5.75 Å². The topological polar surface area (TPSA) is 78.4 Å². The minimum absolute atomic E-state index is 0.246. The molecule has 88 valence electrons. The molecule has 0 amide bonds. The lowest BCUT2D eigenvalue weighted by molar-refractivity contribution is -0.385. The number of para-hydroxylation sites is 1. The van der Waals surface area contributed by atoms with Gasteiger partial charge in [0.05, 0.1) is 4.92 Å². The van der Waals surface area contributed by atoms with E-state index in [1.165, 1.54) is 12.1 Å². The molecule has 1 rings (SSSR count). The predicted molar refractivity (Wildman–Crippen MR) is 49.1 cm³/mol. The molecule has 0 radical (unpaired) electrons. The Morgan fingerprint density at radius 1 is 1.44 bits per heavy atom. The first-order valence-corrected chi connectivity index (χ1v) is 4.03. The van der Waals surface area contributed by atoms with Gasteiger partial charge in [0.15, 0.2) is 12.4 Å². The number of hydrogen-bond acceptors (Lipinski definition) is 4. The summed E-state index contributed by atoms with van der Waals surface area (Å²) < 4.78 is 39.8. The molecule has 0 unspecified atom stereocenters. The van der Waals surface area contributed by atoms with Crippen LogP contribution in [-0.2, 0) is 0 Å². The Kier molecular flexibility index (Phi) is 3.21. The Balaban J connectivity index is 2.96. The molecule has 0 aliphatic heterocycles. The number of benzene rings is 1. The molecule has 0 saturated carbocycles. The summed E-state index contributed by atoms with van der Waals surface area (Å²) in [7, 11) is 0. The van der Waals surface area contributed by atoms with Gasteiger partial charge in [-0.15, -0.1) is 0 Å². The Morgan fingerprint density at radius 3 is 2.56 bits per heavy atom. The van der Waals surface area contributed by atoms with Gasteiger partial charge in [0.1, 0.15) is 5.69 Å². The lowest BCUT2D eigenvalue weighted by Crippen LogP contribution is -2.19. The third-order valence-electron chi connectivity index (χ3n) is 1.60. The number of nitro groups is 1. The van der Waals surface area contributed by atoms with Gasteiger partial charge in [0, 0.05) is 0 Å². The van der Waals surface area contributed by atoms with Crippen LogP contribution in [0.5, 0.6) is 5.75 Å². The van der Waals surface area contributed by atoms with Crippen LogP contribution < -0.4 is 10.5 Å². The highest BCUT2D eigenvalue weighted by molar-refractivity contribution is 5.65. The van der Waals surface area contributed by atoms with E-state index in [0.29, 0.717) is 0 Å². The Labute approximate surface area is 87.8 Å². The molecule has 0 spiro atoms. The molecule has 1 aromatic rings. The molecule has 16 heavy (non-hydrogen) atoms. The van der Waals surface area contributed by atoms with Crippen molar-refractivity contribution in [1.29, 1.82) is 0 Å². The van der Waals surface area contributed by atoms with Crippen LogP contribution in [-0.4, -0.2) is 17.7 Å². The average molecular weight is 236 g/mol. The molecule has 0 aliphatic carbocycles. The molecule has 1 aromatic carbocycles. The molecule has 5 nitrogen and oxygen atoms in total. The second kappa shape index (κ2) is 4.25. The minimum Gasteiger partial charge on any atom is -0.477 e. The minimum atomic E-state index is -4.56. The van der Waals surface area contributed by atoms with E-state index in [9.17, 15) is 23.3 Å². The number of nitro benzene ring substituents is 1. The van der Waals surface area contributed by atoms with Crippen molar-refractivity contribution < 1.29 is 22.8 Å². The predicted octanol–water partition coefficient (Wildman–Crippen LogP) is 2.12. The van der Waals surface area contributed by atoms with Gasteiger partial charge in [-0.2, -0.15) is 13.2 Å². The van der Waals surface area contributed by atoms with Crippen LogP contribution in [0.2, 0.25) is 0 Å². The van der Waals surface area contributed by atoms with Crippen LogP contribution in [0.1, 0.15) is 0 Å². The van der Waals surface area contributed by atoms with Crippen LogP contribution in [0.15, 0.2) is 18.2 Å². The highest BCUT2D eigenvalue weighted by Gasteiger charge is 2.30. The number of halogens is 3. The lowest BCUT2D eigenvalue weighted by atomic mass is 10.2. The maximum Gasteiger partial charge on any atom is 0.422 e. The van der Waals surface area contributed by atoms with E-state index in [0.717, 1.165) is 6.07 Å². The van der Waals surface area contributed by atoms with Gasteiger partial charge in [-0.1, -0.05) is 6.07 Å². The summed E-state index contributed by atoms with van der Waals surface area (Å²) in [4.78, 5) is 9.64. The summed E-state index contributed by atoms with van der Waals surface area (Å²) in [6.45, 7) is -1.60. The molecule has 0 saturated heterocycles. The van der Waals surface area contributed by atoms with Gasteiger partial charge < -0.3 is 10.5 Å². The standard InChI is InChI=1S/C8H7F3N2O3/c9-8(10,11)4-16-6-3-1-2-5(12)7(6)13(14)15/h1-3H,4,12H2. The zero-order valence-corrected chi connectivity index (χ0v) is 7.82. The molecule has 0 aliphatic rings. The summed E-state index contributed by atoms with van der Waals surface area (Å²) in [5.74, 6) is -0.498. The van der Waals surface area contributed by atoms with Crippen molar-refractivity contribution in [1.82, 2.24) is 0 Å². The number of nitrogens with zero attached hydrogens (tertiary/aromatic N) is 1. The Hall–Kier alpha value is -1.99. The van der Waals surface area contributed by atoms with Crippen molar-refractivity contribution in [3.63, 3.8) is 0 Å². The van der Waals surface area contributed by atoms with Crippen molar-refractivity contribution in [2.24, 2.45) is 0 Å². The van der Waals surface area contributed by atoms with Gasteiger partial charge in [-0.05, 0) is 12.1 Å². The normalized spacial score (nSPS) is 11.2. The maximum absolute atomic E-state index is 11.8. The third-order valence-corrected chi connectivity index (χ3v) is 1.60. The molecular weight excluding hydrogens is 229 g/mol. The molecule has 0 aromatic heterocycles. The van der Waals surface area contributed by atoms with Gasteiger partial charge in [-0.25, -0.2) is 0 Å². The molecule has 2 N–H and O–H groups in total. The highest BCUT2D eigenvalue weighted by atomic mass is 19.4. The number of hydrogen-bond donors (Lipinski definition) is 1. The summed E-state index contributed by atoms with van der Waals surface area (Å²) >= 11 is 0. The van der Waals surface area contributed by atoms with Crippen molar-refractivity contribution in [3.05, 3.63) is 28.3 Å². The molecule has 0 fully saturated rings. The molecular formula is C8H7F3N2O3. The number of rotatable bonds is 3. The first-order valence-electron chi connectivity index (χ1n) is 4.03. The van der Waals surface area contributed by atoms with E-state index in [1.54, 1.807) is 0 Å². The van der Waals surface area contributed by atoms with Crippen LogP contribution in [0, 0.1) is 10.1 Å². The maximum atomic E-state index is 11.8. The van der Waals surface area contributed by atoms with Crippen molar-refractivity contribution in [2.45, 2.75) is 6.18 Å². The molecule has 0 bridgehead atoms. The Morgan fingerprint density at radius 2 is 2.06 bits per heavy atom. The van der Waals surface area contributed by atoms with E-state index < -0.39 is 29.1 Å². The summed E-state index contributed by atoms with van der Waals surface area (Å²) in [5.41, 5.74) is 4.35. The molecule has 0 atom stereocenters. The van der Waals surface area contributed by atoms with Gasteiger partial charge in [-0.3, -0.25) is 10.1 Å². The number of nitrogen functional groups attached to an aromatic ring is 1. The van der Waals surface area contributed by atoms with Gasteiger partial charge in [0.25, 0.3) is 0 Å². The number of alkyl halides is 3. The van der Waals surface area contributed by atoms with E-state index in [1.807, 2.05) is 0 Å². The quantitative estimate of drug-likeness (QED) is 0.495. The van der Waals surface area contributed by atoms with Gasteiger partial charge >= 0.3 is 11.9 Å². The van der Waals surface area contributed by atoms with Crippen LogP contribution in [0.3, 0.4) is 0 Å². The lowest BCUT2D eigenvalue weighted by Gasteiger charge is -2.09. The smallest absolute Gasteiger partial charge is 0.422 e. The van der Waals surface area contributed by atoms with E-state index in [4.69, 9.17) is 5.73 Å². The monoisotopic (exact) mass is 236 g/mol. The second-order valence-electron chi connectivity index (χ2n) is 2.85.